The molecule has 0 bridgehead atoms. The average molecular weight is 466 g/mol. The molecule has 5 rings (SSSR count). The summed E-state index contributed by atoms with van der Waals surface area (Å²) in [4.78, 5) is 41.6. The van der Waals surface area contributed by atoms with Crippen LogP contribution >= 0.6 is 0 Å². The van der Waals surface area contributed by atoms with E-state index >= 15 is 0 Å². The third-order valence-corrected chi connectivity index (χ3v) is 7.07. The van der Waals surface area contributed by atoms with Gasteiger partial charge in [0.15, 0.2) is 0 Å². The zero-order chi connectivity index (χ0) is 24.0. The minimum Gasteiger partial charge on any atom is -0.388 e. The molecule has 3 heterocycles. The van der Waals surface area contributed by atoms with Gasteiger partial charge >= 0.3 is 0 Å². The standard InChI is InChI=1S/C25H31N5O4/c1-16-3-4-17(2)20(11-16)22(31)27-19-12-21-24(33)29(15-26-30(21)13-19)14-25(34)7-9-28(10-8-25)23(32)18-5-6-18/h3-4,11-13,18,26,34H,5-10,14-15H2,1-2H3,(H,27,31). The topological polar surface area (TPSA) is 107 Å². The fraction of sp³-hybridized carbons (Fsp3) is 0.480. The van der Waals surface area contributed by atoms with Gasteiger partial charge in [0, 0.05) is 24.6 Å². The van der Waals surface area contributed by atoms with Crippen LogP contribution in [0.25, 0.3) is 0 Å². The van der Waals surface area contributed by atoms with E-state index in [1.54, 1.807) is 21.8 Å². The van der Waals surface area contributed by atoms with Crippen LogP contribution in [0.4, 0.5) is 5.69 Å². The Kier molecular flexibility index (Phi) is 5.59. The molecule has 0 unspecified atom stereocenters. The largest absolute Gasteiger partial charge is 0.388 e. The lowest BCUT2D eigenvalue weighted by molar-refractivity contribution is -0.137. The van der Waals surface area contributed by atoms with Gasteiger partial charge in [0.25, 0.3) is 11.8 Å². The summed E-state index contributed by atoms with van der Waals surface area (Å²) in [6.07, 6.45) is 4.53. The molecular formula is C25H31N5O4. The van der Waals surface area contributed by atoms with Crippen LogP contribution < -0.4 is 10.7 Å². The van der Waals surface area contributed by atoms with Crippen LogP contribution in [0.2, 0.25) is 0 Å². The van der Waals surface area contributed by atoms with Crippen molar-refractivity contribution in [2.45, 2.75) is 45.1 Å². The zero-order valence-electron chi connectivity index (χ0n) is 19.6. The number of piperidine rings is 1. The number of fused-ring (bicyclic) bond motifs is 1. The predicted molar refractivity (Wildman–Crippen MR) is 127 cm³/mol. The van der Waals surface area contributed by atoms with Gasteiger partial charge in [-0.3, -0.25) is 19.1 Å². The van der Waals surface area contributed by atoms with Crippen LogP contribution in [0.5, 0.6) is 0 Å². The highest BCUT2D eigenvalue weighted by molar-refractivity contribution is 6.06. The molecule has 34 heavy (non-hydrogen) atoms. The van der Waals surface area contributed by atoms with Crippen LogP contribution in [-0.4, -0.2) is 69.2 Å². The third kappa shape index (κ3) is 4.40. The van der Waals surface area contributed by atoms with Gasteiger partial charge in [-0.15, -0.1) is 0 Å². The number of hydrogen-bond acceptors (Lipinski definition) is 5. The number of aromatic nitrogens is 1. The number of rotatable bonds is 5. The Bertz CT molecular complexity index is 1140. The van der Waals surface area contributed by atoms with Crippen molar-refractivity contribution in [3.05, 3.63) is 52.8 Å². The summed E-state index contributed by atoms with van der Waals surface area (Å²) in [6, 6.07) is 7.36. The summed E-state index contributed by atoms with van der Waals surface area (Å²) in [5.41, 5.74) is 5.52. The first kappa shape index (κ1) is 22.5. The molecule has 180 valence electrons. The van der Waals surface area contributed by atoms with Gasteiger partial charge in [-0.1, -0.05) is 17.7 Å². The maximum atomic E-state index is 13.1. The fourth-order valence-corrected chi connectivity index (χ4v) is 4.77. The highest BCUT2D eigenvalue weighted by atomic mass is 16.3. The number of β-amino-alcohol motifs (C(OH)–C–C–N with tert-alkyl or cyclic N) is 1. The molecule has 1 aliphatic carbocycles. The van der Waals surface area contributed by atoms with Gasteiger partial charge in [-0.2, -0.15) is 0 Å². The van der Waals surface area contributed by atoms with E-state index in [9.17, 15) is 19.5 Å². The van der Waals surface area contributed by atoms with Crippen molar-refractivity contribution in [3.63, 3.8) is 0 Å². The lowest BCUT2D eigenvalue weighted by Gasteiger charge is -2.42. The van der Waals surface area contributed by atoms with Crippen LogP contribution in [0.3, 0.4) is 0 Å². The molecule has 0 spiro atoms. The molecule has 1 saturated carbocycles. The second kappa shape index (κ2) is 8.47. The van der Waals surface area contributed by atoms with E-state index in [0.29, 0.717) is 42.9 Å². The first-order valence-electron chi connectivity index (χ1n) is 11.9. The van der Waals surface area contributed by atoms with E-state index < -0.39 is 5.60 Å². The van der Waals surface area contributed by atoms with Crippen molar-refractivity contribution in [1.82, 2.24) is 14.5 Å². The summed E-state index contributed by atoms with van der Waals surface area (Å²) in [5, 5.41) is 14.0. The molecule has 0 radical (unpaired) electrons. The molecule has 3 N–H and O–H groups in total. The normalized spacial score (nSPS) is 19.4. The van der Waals surface area contributed by atoms with Gasteiger partial charge in [-0.05, 0) is 57.2 Å². The Morgan fingerprint density at radius 1 is 1.18 bits per heavy atom. The number of benzene rings is 1. The molecule has 9 heteroatoms. The van der Waals surface area contributed by atoms with Gasteiger partial charge in [0.1, 0.15) is 12.4 Å². The minimum atomic E-state index is -1.02. The van der Waals surface area contributed by atoms with Gasteiger partial charge < -0.3 is 25.6 Å². The number of aryl methyl sites for hydroxylation is 2. The first-order chi connectivity index (χ1) is 16.2. The second-order valence-corrected chi connectivity index (χ2v) is 9.90. The van der Waals surface area contributed by atoms with Crippen molar-refractivity contribution in [3.8, 4) is 0 Å². The molecule has 2 aromatic rings. The first-order valence-corrected chi connectivity index (χ1v) is 11.9. The van der Waals surface area contributed by atoms with E-state index in [1.165, 1.54) is 0 Å². The number of nitrogens with one attached hydrogen (secondary N) is 2. The monoisotopic (exact) mass is 465 g/mol. The van der Waals surface area contributed by atoms with E-state index in [0.717, 1.165) is 24.0 Å². The van der Waals surface area contributed by atoms with Crippen molar-refractivity contribution < 1.29 is 19.5 Å². The molecular weight excluding hydrogens is 434 g/mol. The van der Waals surface area contributed by atoms with E-state index in [1.807, 2.05) is 36.9 Å². The predicted octanol–water partition coefficient (Wildman–Crippen LogP) is 2.08. The second-order valence-electron chi connectivity index (χ2n) is 9.90. The Balaban J connectivity index is 1.22. The molecule has 3 amide bonds. The molecule has 1 saturated heterocycles. The van der Waals surface area contributed by atoms with Gasteiger partial charge in [0.2, 0.25) is 5.91 Å². The molecule has 0 atom stereocenters. The average Bonchev–Trinajstić information content (AvgIpc) is 3.58. The number of carbonyl (C=O) groups excluding carboxylic acids is 3. The Morgan fingerprint density at radius 2 is 1.91 bits per heavy atom. The van der Waals surface area contributed by atoms with Crippen molar-refractivity contribution >= 4 is 23.4 Å². The Morgan fingerprint density at radius 3 is 2.62 bits per heavy atom. The number of amides is 3. The Hall–Kier alpha value is -3.33. The maximum Gasteiger partial charge on any atom is 0.274 e. The SMILES string of the molecule is Cc1ccc(C)c(C(=O)Nc2cc3n(c2)NCN(CC2(O)CCN(C(=O)C4CC4)CC2)C3=O)c1. The van der Waals surface area contributed by atoms with E-state index in [2.05, 4.69) is 10.7 Å². The lowest BCUT2D eigenvalue weighted by Crippen LogP contribution is -2.56. The quantitative estimate of drug-likeness (QED) is 0.627. The molecule has 3 aliphatic rings. The highest BCUT2D eigenvalue weighted by Crippen LogP contribution is 2.33. The van der Waals surface area contributed by atoms with Crippen molar-refractivity contribution in [2.24, 2.45) is 5.92 Å². The molecule has 9 nitrogen and oxygen atoms in total. The summed E-state index contributed by atoms with van der Waals surface area (Å²) >= 11 is 0. The molecule has 1 aromatic heterocycles. The van der Waals surface area contributed by atoms with Crippen LogP contribution in [0.1, 0.15) is 57.7 Å². The smallest absolute Gasteiger partial charge is 0.274 e. The highest BCUT2D eigenvalue weighted by Gasteiger charge is 2.41. The van der Waals surface area contributed by atoms with Crippen molar-refractivity contribution in [1.29, 1.82) is 0 Å². The van der Waals surface area contributed by atoms with E-state index in [-0.39, 0.29) is 36.9 Å². The summed E-state index contributed by atoms with van der Waals surface area (Å²) in [5.74, 6) is -0.0615. The van der Waals surface area contributed by atoms with Gasteiger partial charge in [-0.25, -0.2) is 0 Å². The zero-order valence-corrected chi connectivity index (χ0v) is 19.6. The summed E-state index contributed by atoms with van der Waals surface area (Å²) in [7, 11) is 0. The van der Waals surface area contributed by atoms with Crippen LogP contribution in [0.15, 0.2) is 30.5 Å². The fourth-order valence-electron chi connectivity index (χ4n) is 4.77. The number of carbonyl (C=O) groups is 3. The number of aliphatic hydroxyl groups is 1. The summed E-state index contributed by atoms with van der Waals surface area (Å²) < 4.78 is 1.61. The maximum absolute atomic E-state index is 13.1. The molecule has 1 aromatic carbocycles. The lowest BCUT2D eigenvalue weighted by atomic mass is 9.90. The number of nitrogens with zero attached hydrogens (tertiary/aromatic N) is 3. The van der Waals surface area contributed by atoms with Gasteiger partial charge in [0.05, 0.1) is 24.0 Å². The van der Waals surface area contributed by atoms with E-state index in [4.69, 9.17) is 0 Å². The van der Waals surface area contributed by atoms with Crippen LogP contribution in [-0.2, 0) is 4.79 Å². The minimum absolute atomic E-state index is 0.177. The third-order valence-electron chi connectivity index (χ3n) is 7.07. The molecule has 2 fully saturated rings. The number of hydrogen-bond donors (Lipinski definition) is 3. The number of likely N-dealkylation sites (tertiary alicyclic amines) is 1. The molecule has 2 aliphatic heterocycles. The number of anilines is 1. The summed E-state index contributed by atoms with van der Waals surface area (Å²) in [6.45, 7) is 5.31. The van der Waals surface area contributed by atoms with Crippen LogP contribution in [0, 0.1) is 19.8 Å². The van der Waals surface area contributed by atoms with Crippen molar-refractivity contribution in [2.75, 3.05) is 37.0 Å². The Labute approximate surface area is 198 Å².